The fourth-order valence-electron chi connectivity index (χ4n) is 1.63. The van der Waals surface area contributed by atoms with Crippen molar-refractivity contribution >= 4 is 10.9 Å². The molecule has 0 saturated heterocycles. The van der Waals surface area contributed by atoms with E-state index >= 15 is 0 Å². The summed E-state index contributed by atoms with van der Waals surface area (Å²) in [5, 5.41) is 10.5. The van der Waals surface area contributed by atoms with E-state index in [0.717, 1.165) is 17.3 Å². The van der Waals surface area contributed by atoms with E-state index in [2.05, 4.69) is 18.0 Å². The molecule has 0 aliphatic carbocycles. The van der Waals surface area contributed by atoms with Gasteiger partial charge in [0.1, 0.15) is 5.75 Å². The number of fused-ring (bicyclic) bond motifs is 1. The average Bonchev–Trinajstić information content (AvgIpc) is 2.19. The van der Waals surface area contributed by atoms with Crippen LogP contribution in [0.3, 0.4) is 0 Å². The van der Waals surface area contributed by atoms with E-state index in [1.54, 1.807) is 6.07 Å². The lowest BCUT2D eigenvalue weighted by Gasteiger charge is -2.05. The third-order valence-electron chi connectivity index (χ3n) is 2.47. The number of para-hydroxylation sites is 1. The van der Waals surface area contributed by atoms with Crippen LogP contribution in [0.4, 0.5) is 0 Å². The topological polar surface area (TPSA) is 33.1 Å². The van der Waals surface area contributed by atoms with Gasteiger partial charge >= 0.3 is 0 Å². The van der Waals surface area contributed by atoms with E-state index in [1.807, 2.05) is 19.1 Å². The van der Waals surface area contributed by atoms with Gasteiger partial charge in [0.05, 0.1) is 11.2 Å². The maximum absolute atomic E-state index is 9.52. The first kappa shape index (κ1) is 9.00. The molecular weight excluding hydrogens is 174 g/mol. The summed E-state index contributed by atoms with van der Waals surface area (Å²) in [5.41, 5.74) is 2.93. The Balaban J connectivity index is 2.81. The van der Waals surface area contributed by atoms with Crippen LogP contribution in [0.2, 0.25) is 0 Å². The molecule has 0 unspecified atom stereocenters. The van der Waals surface area contributed by atoms with Gasteiger partial charge in [-0.3, -0.25) is 0 Å². The van der Waals surface area contributed by atoms with Crippen LogP contribution in [-0.4, -0.2) is 10.1 Å². The number of hydrogen-bond acceptors (Lipinski definition) is 2. The van der Waals surface area contributed by atoms with Crippen molar-refractivity contribution in [3.8, 4) is 5.75 Å². The SMILES string of the molecule is CCc1cccc2cc(O)c(C)nc12. The van der Waals surface area contributed by atoms with Gasteiger partial charge in [0, 0.05) is 5.39 Å². The second-order valence-corrected chi connectivity index (χ2v) is 3.44. The molecule has 0 fully saturated rings. The second-order valence-electron chi connectivity index (χ2n) is 3.44. The van der Waals surface area contributed by atoms with E-state index in [1.165, 1.54) is 5.56 Å². The molecule has 1 N–H and O–H groups in total. The van der Waals surface area contributed by atoms with Crippen molar-refractivity contribution in [3.05, 3.63) is 35.5 Å². The highest BCUT2D eigenvalue weighted by molar-refractivity contribution is 5.83. The third-order valence-corrected chi connectivity index (χ3v) is 2.47. The van der Waals surface area contributed by atoms with Gasteiger partial charge in [0.15, 0.2) is 0 Å². The van der Waals surface area contributed by atoms with Crippen LogP contribution in [-0.2, 0) is 6.42 Å². The third kappa shape index (κ3) is 1.33. The van der Waals surface area contributed by atoms with Crippen molar-refractivity contribution in [2.24, 2.45) is 0 Å². The maximum Gasteiger partial charge on any atom is 0.137 e. The first-order chi connectivity index (χ1) is 6.72. The Kier molecular flexibility index (Phi) is 2.12. The Morgan fingerprint density at radius 3 is 2.86 bits per heavy atom. The number of aromatic hydroxyl groups is 1. The Morgan fingerprint density at radius 1 is 1.36 bits per heavy atom. The molecule has 2 rings (SSSR count). The van der Waals surface area contributed by atoms with Gasteiger partial charge in [-0.05, 0) is 25.0 Å². The van der Waals surface area contributed by atoms with Gasteiger partial charge in [0.25, 0.3) is 0 Å². The summed E-state index contributed by atoms with van der Waals surface area (Å²) in [5.74, 6) is 0.269. The summed E-state index contributed by atoms with van der Waals surface area (Å²) >= 11 is 0. The molecule has 2 aromatic rings. The summed E-state index contributed by atoms with van der Waals surface area (Å²) in [6.07, 6.45) is 0.967. The zero-order valence-electron chi connectivity index (χ0n) is 8.41. The fraction of sp³-hybridized carbons (Fsp3) is 0.250. The largest absolute Gasteiger partial charge is 0.506 e. The first-order valence-electron chi connectivity index (χ1n) is 4.80. The average molecular weight is 187 g/mol. The lowest BCUT2D eigenvalue weighted by Crippen LogP contribution is -1.89. The smallest absolute Gasteiger partial charge is 0.137 e. The molecule has 0 spiro atoms. The first-order valence-corrected chi connectivity index (χ1v) is 4.80. The summed E-state index contributed by atoms with van der Waals surface area (Å²) in [7, 11) is 0. The zero-order chi connectivity index (χ0) is 10.1. The van der Waals surface area contributed by atoms with Crippen molar-refractivity contribution in [2.75, 3.05) is 0 Å². The Morgan fingerprint density at radius 2 is 2.14 bits per heavy atom. The molecule has 0 aliphatic heterocycles. The highest BCUT2D eigenvalue weighted by atomic mass is 16.3. The number of benzene rings is 1. The molecule has 0 radical (unpaired) electrons. The van der Waals surface area contributed by atoms with Gasteiger partial charge in [-0.25, -0.2) is 4.98 Å². The van der Waals surface area contributed by atoms with Crippen molar-refractivity contribution in [2.45, 2.75) is 20.3 Å². The van der Waals surface area contributed by atoms with E-state index < -0.39 is 0 Å². The molecule has 0 saturated carbocycles. The van der Waals surface area contributed by atoms with Crippen molar-refractivity contribution in [3.63, 3.8) is 0 Å². The molecule has 14 heavy (non-hydrogen) atoms. The molecule has 0 atom stereocenters. The summed E-state index contributed by atoms with van der Waals surface area (Å²) in [6.45, 7) is 3.93. The van der Waals surface area contributed by atoms with Gasteiger partial charge in [0.2, 0.25) is 0 Å². The van der Waals surface area contributed by atoms with Crippen molar-refractivity contribution in [1.82, 2.24) is 4.98 Å². The minimum Gasteiger partial charge on any atom is -0.506 e. The maximum atomic E-state index is 9.52. The molecule has 0 aliphatic rings. The predicted molar refractivity (Wildman–Crippen MR) is 57.5 cm³/mol. The fourth-order valence-corrected chi connectivity index (χ4v) is 1.63. The number of rotatable bonds is 1. The number of pyridine rings is 1. The normalized spacial score (nSPS) is 10.7. The van der Waals surface area contributed by atoms with Crippen molar-refractivity contribution < 1.29 is 5.11 Å². The molecule has 2 heteroatoms. The summed E-state index contributed by atoms with van der Waals surface area (Å²) in [6, 6.07) is 7.82. The van der Waals surface area contributed by atoms with E-state index in [4.69, 9.17) is 0 Å². The highest BCUT2D eigenvalue weighted by Crippen LogP contribution is 2.23. The Bertz CT molecular complexity index is 477. The number of aromatic nitrogens is 1. The Labute approximate surface area is 83.2 Å². The van der Waals surface area contributed by atoms with Crippen LogP contribution in [0.1, 0.15) is 18.2 Å². The number of hydrogen-bond donors (Lipinski definition) is 1. The van der Waals surface area contributed by atoms with Crippen LogP contribution in [0.25, 0.3) is 10.9 Å². The minimum atomic E-state index is 0.269. The van der Waals surface area contributed by atoms with Crippen LogP contribution in [0.15, 0.2) is 24.3 Å². The molecule has 2 nitrogen and oxygen atoms in total. The van der Waals surface area contributed by atoms with Crippen LogP contribution in [0.5, 0.6) is 5.75 Å². The predicted octanol–water partition coefficient (Wildman–Crippen LogP) is 2.81. The molecule has 0 bridgehead atoms. The number of nitrogens with zero attached hydrogens (tertiary/aromatic N) is 1. The van der Waals surface area contributed by atoms with E-state index in [-0.39, 0.29) is 5.75 Å². The van der Waals surface area contributed by atoms with E-state index in [0.29, 0.717) is 5.69 Å². The van der Waals surface area contributed by atoms with E-state index in [9.17, 15) is 5.11 Å². The minimum absolute atomic E-state index is 0.269. The van der Waals surface area contributed by atoms with Gasteiger partial charge in [-0.1, -0.05) is 25.1 Å². The molecular formula is C12H13NO. The summed E-state index contributed by atoms with van der Waals surface area (Å²) in [4.78, 5) is 4.40. The lowest BCUT2D eigenvalue weighted by molar-refractivity contribution is 0.469. The molecule has 1 aromatic heterocycles. The lowest BCUT2D eigenvalue weighted by atomic mass is 10.1. The van der Waals surface area contributed by atoms with Crippen LogP contribution >= 0.6 is 0 Å². The highest BCUT2D eigenvalue weighted by Gasteiger charge is 2.04. The van der Waals surface area contributed by atoms with Crippen molar-refractivity contribution in [1.29, 1.82) is 0 Å². The van der Waals surface area contributed by atoms with Crippen LogP contribution < -0.4 is 0 Å². The summed E-state index contributed by atoms with van der Waals surface area (Å²) < 4.78 is 0. The standard InChI is InChI=1S/C12H13NO/c1-3-9-5-4-6-10-7-11(14)8(2)13-12(9)10/h4-7,14H,3H2,1-2H3. The molecule has 0 amide bonds. The number of aryl methyl sites for hydroxylation is 2. The zero-order valence-corrected chi connectivity index (χ0v) is 8.41. The molecule has 72 valence electrons. The van der Waals surface area contributed by atoms with Crippen LogP contribution in [0, 0.1) is 6.92 Å². The second kappa shape index (κ2) is 3.29. The Hall–Kier alpha value is -1.57. The molecule has 1 heterocycles. The van der Waals surface area contributed by atoms with Gasteiger partial charge in [-0.2, -0.15) is 0 Å². The van der Waals surface area contributed by atoms with Gasteiger partial charge in [-0.15, -0.1) is 0 Å². The van der Waals surface area contributed by atoms with Gasteiger partial charge < -0.3 is 5.11 Å². The monoisotopic (exact) mass is 187 g/mol. The molecule has 1 aromatic carbocycles. The quantitative estimate of drug-likeness (QED) is 0.744.